The van der Waals surface area contributed by atoms with Crippen molar-refractivity contribution in [1.29, 1.82) is 0 Å². The summed E-state index contributed by atoms with van der Waals surface area (Å²) in [5.74, 6) is 0.361. The summed E-state index contributed by atoms with van der Waals surface area (Å²) in [5.41, 5.74) is 7.27. The SMILES string of the molecule is CCC(CC)C(N)CNC(=O)c1ccc(C)c(O)c1. The number of aromatic hydroxyl groups is 1. The zero-order valence-corrected chi connectivity index (χ0v) is 11.9. The summed E-state index contributed by atoms with van der Waals surface area (Å²) in [6, 6.07) is 4.88. The molecule has 0 fully saturated rings. The van der Waals surface area contributed by atoms with E-state index in [1.54, 1.807) is 19.1 Å². The number of hydrogen-bond acceptors (Lipinski definition) is 3. The smallest absolute Gasteiger partial charge is 0.251 e. The predicted molar refractivity (Wildman–Crippen MR) is 77.2 cm³/mol. The lowest BCUT2D eigenvalue weighted by molar-refractivity contribution is 0.0947. The Morgan fingerprint density at radius 2 is 2.00 bits per heavy atom. The average molecular weight is 264 g/mol. The third-order valence-corrected chi connectivity index (χ3v) is 3.62. The summed E-state index contributed by atoms with van der Waals surface area (Å²) >= 11 is 0. The van der Waals surface area contributed by atoms with Gasteiger partial charge in [0.25, 0.3) is 5.91 Å². The van der Waals surface area contributed by atoms with Crippen LogP contribution in [-0.4, -0.2) is 23.6 Å². The molecule has 1 aromatic rings. The van der Waals surface area contributed by atoms with Gasteiger partial charge in [-0.05, 0) is 30.5 Å². The maximum absolute atomic E-state index is 11.9. The van der Waals surface area contributed by atoms with Crippen LogP contribution in [-0.2, 0) is 0 Å². The largest absolute Gasteiger partial charge is 0.508 e. The number of nitrogens with two attached hydrogens (primary N) is 1. The first-order chi connectivity index (χ1) is 8.99. The molecule has 0 bridgehead atoms. The fraction of sp³-hybridized carbons (Fsp3) is 0.533. The molecule has 0 aliphatic carbocycles. The molecule has 0 saturated heterocycles. The second-order valence-corrected chi connectivity index (χ2v) is 4.95. The van der Waals surface area contributed by atoms with Crippen molar-refractivity contribution in [3.63, 3.8) is 0 Å². The highest BCUT2D eigenvalue weighted by Gasteiger charge is 2.15. The van der Waals surface area contributed by atoms with Crippen molar-refractivity contribution in [3.05, 3.63) is 29.3 Å². The van der Waals surface area contributed by atoms with Crippen molar-refractivity contribution >= 4 is 5.91 Å². The fourth-order valence-corrected chi connectivity index (χ4v) is 2.12. The molecule has 1 unspecified atom stereocenters. The second kappa shape index (κ2) is 7.14. The van der Waals surface area contributed by atoms with Crippen molar-refractivity contribution < 1.29 is 9.90 Å². The zero-order chi connectivity index (χ0) is 14.4. The summed E-state index contributed by atoms with van der Waals surface area (Å²) in [6.45, 7) is 6.46. The number of carbonyl (C=O) groups excluding carboxylic acids is 1. The molecule has 4 N–H and O–H groups in total. The number of amides is 1. The number of nitrogens with one attached hydrogen (secondary N) is 1. The number of rotatable bonds is 6. The highest BCUT2D eigenvalue weighted by atomic mass is 16.3. The number of hydrogen-bond donors (Lipinski definition) is 3. The Labute approximate surface area is 115 Å². The second-order valence-electron chi connectivity index (χ2n) is 4.95. The highest BCUT2D eigenvalue weighted by molar-refractivity contribution is 5.94. The average Bonchev–Trinajstić information content (AvgIpc) is 2.40. The van der Waals surface area contributed by atoms with Gasteiger partial charge in [-0.3, -0.25) is 4.79 Å². The van der Waals surface area contributed by atoms with Crippen LogP contribution >= 0.6 is 0 Å². The summed E-state index contributed by atoms with van der Waals surface area (Å²) < 4.78 is 0. The van der Waals surface area contributed by atoms with E-state index in [-0.39, 0.29) is 17.7 Å². The van der Waals surface area contributed by atoms with E-state index >= 15 is 0 Å². The minimum atomic E-state index is -0.197. The van der Waals surface area contributed by atoms with Crippen LogP contribution < -0.4 is 11.1 Å². The van der Waals surface area contributed by atoms with Crippen LogP contribution in [0.3, 0.4) is 0 Å². The highest BCUT2D eigenvalue weighted by Crippen LogP contribution is 2.17. The lowest BCUT2D eigenvalue weighted by Crippen LogP contribution is -2.41. The molecule has 4 heteroatoms. The number of phenolic OH excluding ortho intramolecular Hbond substituents is 1. The molecular weight excluding hydrogens is 240 g/mol. The molecule has 1 rings (SSSR count). The maximum Gasteiger partial charge on any atom is 0.251 e. The molecule has 1 aromatic carbocycles. The van der Waals surface area contributed by atoms with Gasteiger partial charge in [0.1, 0.15) is 5.75 Å². The first kappa shape index (κ1) is 15.5. The number of phenols is 1. The molecule has 0 heterocycles. The standard InChI is InChI=1S/C15H24N2O2/c1-4-11(5-2)13(16)9-17-15(19)12-7-6-10(3)14(18)8-12/h6-8,11,13,18H,4-5,9,16H2,1-3H3,(H,17,19). The van der Waals surface area contributed by atoms with E-state index in [0.29, 0.717) is 18.0 Å². The first-order valence-electron chi connectivity index (χ1n) is 6.82. The molecule has 106 valence electrons. The van der Waals surface area contributed by atoms with Gasteiger partial charge in [-0.1, -0.05) is 32.8 Å². The van der Waals surface area contributed by atoms with Crippen LogP contribution in [0.5, 0.6) is 5.75 Å². The third kappa shape index (κ3) is 4.24. The van der Waals surface area contributed by atoms with E-state index in [4.69, 9.17) is 5.73 Å². The summed E-state index contributed by atoms with van der Waals surface area (Å²) in [5, 5.41) is 12.4. The Morgan fingerprint density at radius 3 is 2.53 bits per heavy atom. The van der Waals surface area contributed by atoms with Crippen LogP contribution in [0.1, 0.15) is 42.6 Å². The van der Waals surface area contributed by atoms with Crippen LogP contribution in [0.25, 0.3) is 0 Å². The van der Waals surface area contributed by atoms with Gasteiger partial charge >= 0.3 is 0 Å². The van der Waals surface area contributed by atoms with Gasteiger partial charge in [0.05, 0.1) is 0 Å². The molecule has 4 nitrogen and oxygen atoms in total. The van der Waals surface area contributed by atoms with Gasteiger partial charge in [-0.2, -0.15) is 0 Å². The lowest BCUT2D eigenvalue weighted by atomic mass is 9.95. The monoisotopic (exact) mass is 264 g/mol. The van der Waals surface area contributed by atoms with Gasteiger partial charge in [-0.15, -0.1) is 0 Å². The van der Waals surface area contributed by atoms with Crippen molar-refractivity contribution in [2.24, 2.45) is 11.7 Å². The molecule has 1 atom stereocenters. The normalized spacial score (nSPS) is 12.5. The Hall–Kier alpha value is -1.55. The van der Waals surface area contributed by atoms with Crippen LogP contribution in [0.4, 0.5) is 0 Å². The quantitative estimate of drug-likeness (QED) is 0.737. The molecule has 0 aliphatic heterocycles. The van der Waals surface area contributed by atoms with Crippen LogP contribution in [0.15, 0.2) is 18.2 Å². The minimum Gasteiger partial charge on any atom is -0.508 e. The van der Waals surface area contributed by atoms with Crippen LogP contribution in [0.2, 0.25) is 0 Å². The Balaban J connectivity index is 2.58. The van der Waals surface area contributed by atoms with Crippen molar-refractivity contribution in [2.45, 2.75) is 39.7 Å². The number of aryl methyl sites for hydroxylation is 1. The lowest BCUT2D eigenvalue weighted by Gasteiger charge is -2.21. The molecule has 0 saturated carbocycles. The summed E-state index contributed by atoms with van der Waals surface area (Å²) in [6.07, 6.45) is 2.03. The minimum absolute atomic E-state index is 0.0296. The molecule has 0 aliphatic rings. The topological polar surface area (TPSA) is 75.3 Å². The van der Waals surface area contributed by atoms with Crippen molar-refractivity contribution in [1.82, 2.24) is 5.32 Å². The Bertz CT molecular complexity index is 428. The van der Waals surface area contributed by atoms with E-state index in [1.807, 2.05) is 0 Å². The summed E-state index contributed by atoms with van der Waals surface area (Å²) in [7, 11) is 0. The Morgan fingerprint density at radius 1 is 1.37 bits per heavy atom. The number of benzene rings is 1. The third-order valence-electron chi connectivity index (χ3n) is 3.62. The first-order valence-corrected chi connectivity index (χ1v) is 6.82. The molecule has 0 spiro atoms. The Kier molecular flexibility index (Phi) is 5.83. The van der Waals surface area contributed by atoms with Gasteiger partial charge in [0, 0.05) is 18.2 Å². The summed E-state index contributed by atoms with van der Waals surface area (Å²) in [4.78, 5) is 11.9. The zero-order valence-electron chi connectivity index (χ0n) is 11.9. The van der Waals surface area contributed by atoms with Gasteiger partial charge in [0.2, 0.25) is 0 Å². The van der Waals surface area contributed by atoms with Gasteiger partial charge in [0.15, 0.2) is 0 Å². The van der Waals surface area contributed by atoms with Crippen molar-refractivity contribution in [3.8, 4) is 5.75 Å². The molecule has 0 aromatic heterocycles. The van der Waals surface area contributed by atoms with E-state index in [2.05, 4.69) is 19.2 Å². The molecule has 0 radical (unpaired) electrons. The van der Waals surface area contributed by atoms with E-state index < -0.39 is 0 Å². The van der Waals surface area contributed by atoms with E-state index in [0.717, 1.165) is 18.4 Å². The fourth-order valence-electron chi connectivity index (χ4n) is 2.12. The van der Waals surface area contributed by atoms with E-state index in [1.165, 1.54) is 6.07 Å². The predicted octanol–water partition coefficient (Wildman–Crippen LogP) is 2.19. The van der Waals surface area contributed by atoms with Gasteiger partial charge in [-0.25, -0.2) is 0 Å². The van der Waals surface area contributed by atoms with E-state index in [9.17, 15) is 9.90 Å². The number of carbonyl (C=O) groups is 1. The van der Waals surface area contributed by atoms with Crippen LogP contribution in [0, 0.1) is 12.8 Å². The van der Waals surface area contributed by atoms with Gasteiger partial charge < -0.3 is 16.2 Å². The maximum atomic E-state index is 11.9. The molecular formula is C15H24N2O2. The molecule has 1 amide bonds. The van der Waals surface area contributed by atoms with Crippen molar-refractivity contribution in [2.75, 3.05) is 6.54 Å². The molecule has 19 heavy (non-hydrogen) atoms.